The minimum Gasteiger partial charge on any atom is -0.383 e. The van der Waals surface area contributed by atoms with Gasteiger partial charge in [0.25, 0.3) is 0 Å². The minimum absolute atomic E-state index is 0.527. The minimum atomic E-state index is 0.527. The van der Waals surface area contributed by atoms with E-state index in [0.29, 0.717) is 5.82 Å². The van der Waals surface area contributed by atoms with Gasteiger partial charge in [0, 0.05) is 12.1 Å². The van der Waals surface area contributed by atoms with Crippen LogP contribution in [-0.2, 0) is 6.54 Å². The standard InChI is InChI=1S/C11H14N4S/c1-7-4-16-5-9(7)3-13-11-8(2)10(12)14-6-15-11/h4-6H,3H2,1-2H3,(H3,12,13,14,15). The lowest BCUT2D eigenvalue weighted by Gasteiger charge is -2.08. The molecule has 0 unspecified atom stereocenters. The zero-order valence-corrected chi connectivity index (χ0v) is 10.1. The fourth-order valence-electron chi connectivity index (χ4n) is 1.39. The highest BCUT2D eigenvalue weighted by atomic mass is 32.1. The molecule has 2 aromatic rings. The first kappa shape index (κ1) is 10.9. The first-order valence-corrected chi connectivity index (χ1v) is 5.95. The molecule has 0 aliphatic carbocycles. The van der Waals surface area contributed by atoms with Gasteiger partial charge >= 0.3 is 0 Å². The molecule has 0 aromatic carbocycles. The van der Waals surface area contributed by atoms with E-state index in [-0.39, 0.29) is 0 Å². The number of nitrogens with zero attached hydrogens (tertiary/aromatic N) is 2. The molecule has 0 amide bonds. The Bertz CT molecular complexity index is 492. The number of rotatable bonds is 3. The Morgan fingerprint density at radius 3 is 2.81 bits per heavy atom. The summed E-state index contributed by atoms with van der Waals surface area (Å²) in [5.74, 6) is 1.33. The number of nitrogen functional groups attached to an aromatic ring is 1. The van der Waals surface area contributed by atoms with Gasteiger partial charge in [-0.1, -0.05) is 0 Å². The molecule has 0 atom stereocenters. The fraction of sp³-hybridized carbons (Fsp3) is 0.273. The Morgan fingerprint density at radius 1 is 1.31 bits per heavy atom. The molecule has 2 heterocycles. The number of nitrogens with one attached hydrogen (secondary N) is 1. The van der Waals surface area contributed by atoms with E-state index in [1.165, 1.54) is 17.5 Å². The maximum Gasteiger partial charge on any atom is 0.134 e. The number of hydrogen-bond acceptors (Lipinski definition) is 5. The summed E-state index contributed by atoms with van der Waals surface area (Å²) in [6.07, 6.45) is 1.48. The van der Waals surface area contributed by atoms with Crippen LogP contribution in [-0.4, -0.2) is 9.97 Å². The zero-order valence-electron chi connectivity index (χ0n) is 9.32. The molecule has 84 valence electrons. The van der Waals surface area contributed by atoms with Crippen LogP contribution in [0.5, 0.6) is 0 Å². The van der Waals surface area contributed by atoms with Gasteiger partial charge in [0.2, 0.25) is 0 Å². The van der Waals surface area contributed by atoms with Crippen molar-refractivity contribution in [1.82, 2.24) is 9.97 Å². The van der Waals surface area contributed by atoms with Crippen LogP contribution < -0.4 is 11.1 Å². The number of hydrogen-bond donors (Lipinski definition) is 2. The predicted octanol–water partition coefficient (Wildman–Crippen LogP) is 2.35. The van der Waals surface area contributed by atoms with E-state index in [2.05, 4.69) is 33.0 Å². The van der Waals surface area contributed by atoms with Gasteiger partial charge in [0.15, 0.2) is 0 Å². The Kier molecular flexibility index (Phi) is 3.05. The third-order valence-electron chi connectivity index (χ3n) is 2.53. The van der Waals surface area contributed by atoms with Crippen molar-refractivity contribution in [2.75, 3.05) is 11.1 Å². The molecule has 2 rings (SSSR count). The largest absolute Gasteiger partial charge is 0.383 e. The second-order valence-electron chi connectivity index (χ2n) is 3.67. The van der Waals surface area contributed by atoms with Crippen molar-refractivity contribution < 1.29 is 0 Å². The highest BCUT2D eigenvalue weighted by Crippen LogP contribution is 2.18. The SMILES string of the molecule is Cc1cscc1CNc1ncnc(N)c1C. The predicted molar refractivity (Wildman–Crippen MR) is 67.6 cm³/mol. The molecule has 0 fully saturated rings. The van der Waals surface area contributed by atoms with Crippen molar-refractivity contribution in [3.63, 3.8) is 0 Å². The van der Waals surface area contributed by atoms with Crippen molar-refractivity contribution in [1.29, 1.82) is 0 Å². The number of thiophene rings is 1. The van der Waals surface area contributed by atoms with E-state index < -0.39 is 0 Å². The van der Waals surface area contributed by atoms with Gasteiger partial charge in [-0.2, -0.15) is 11.3 Å². The normalized spacial score (nSPS) is 10.4. The zero-order chi connectivity index (χ0) is 11.5. The van der Waals surface area contributed by atoms with E-state index in [9.17, 15) is 0 Å². The summed E-state index contributed by atoms with van der Waals surface area (Å²) in [7, 11) is 0. The van der Waals surface area contributed by atoms with Gasteiger partial charge in [0.05, 0.1) is 0 Å². The van der Waals surface area contributed by atoms with Crippen LogP contribution in [0.2, 0.25) is 0 Å². The molecule has 5 heteroatoms. The van der Waals surface area contributed by atoms with Crippen molar-refractivity contribution in [3.05, 3.63) is 33.8 Å². The Balaban J connectivity index is 2.11. The summed E-state index contributed by atoms with van der Waals surface area (Å²) in [5, 5.41) is 7.55. The maximum absolute atomic E-state index is 5.71. The molecule has 0 bridgehead atoms. The molecule has 0 radical (unpaired) electrons. The smallest absolute Gasteiger partial charge is 0.134 e. The van der Waals surface area contributed by atoms with E-state index >= 15 is 0 Å². The van der Waals surface area contributed by atoms with Crippen molar-refractivity contribution in [2.45, 2.75) is 20.4 Å². The topological polar surface area (TPSA) is 63.8 Å². The van der Waals surface area contributed by atoms with Crippen LogP contribution in [0, 0.1) is 13.8 Å². The third-order valence-corrected chi connectivity index (χ3v) is 3.44. The highest BCUT2D eigenvalue weighted by Gasteiger charge is 2.04. The van der Waals surface area contributed by atoms with Crippen molar-refractivity contribution in [2.24, 2.45) is 0 Å². The first-order valence-electron chi connectivity index (χ1n) is 5.01. The summed E-state index contributed by atoms with van der Waals surface area (Å²) in [5.41, 5.74) is 9.21. The molecule has 0 saturated heterocycles. The summed E-state index contributed by atoms with van der Waals surface area (Å²) < 4.78 is 0. The average Bonchev–Trinajstić information content (AvgIpc) is 2.67. The Hall–Kier alpha value is -1.62. The number of aryl methyl sites for hydroxylation is 1. The molecule has 0 saturated carbocycles. The van der Waals surface area contributed by atoms with E-state index in [0.717, 1.165) is 17.9 Å². The lowest BCUT2D eigenvalue weighted by molar-refractivity contribution is 1.06. The van der Waals surface area contributed by atoms with Crippen LogP contribution in [0.15, 0.2) is 17.1 Å². The molecule has 0 aliphatic heterocycles. The summed E-state index contributed by atoms with van der Waals surface area (Å²) >= 11 is 1.71. The van der Waals surface area contributed by atoms with E-state index in [1.807, 2.05) is 6.92 Å². The lowest BCUT2D eigenvalue weighted by Crippen LogP contribution is -2.06. The molecule has 3 N–H and O–H groups in total. The fourth-order valence-corrected chi connectivity index (χ4v) is 2.25. The van der Waals surface area contributed by atoms with Gasteiger partial charge in [0.1, 0.15) is 18.0 Å². The van der Waals surface area contributed by atoms with Gasteiger partial charge in [-0.25, -0.2) is 9.97 Å². The summed E-state index contributed by atoms with van der Waals surface area (Å²) in [4.78, 5) is 8.10. The van der Waals surface area contributed by atoms with Crippen LogP contribution in [0.25, 0.3) is 0 Å². The maximum atomic E-state index is 5.71. The van der Waals surface area contributed by atoms with Crippen molar-refractivity contribution in [3.8, 4) is 0 Å². The van der Waals surface area contributed by atoms with Gasteiger partial charge < -0.3 is 11.1 Å². The van der Waals surface area contributed by atoms with Crippen LogP contribution in [0.4, 0.5) is 11.6 Å². The highest BCUT2D eigenvalue weighted by molar-refractivity contribution is 7.08. The summed E-state index contributed by atoms with van der Waals surface area (Å²) in [6, 6.07) is 0. The lowest BCUT2D eigenvalue weighted by atomic mass is 10.2. The summed E-state index contributed by atoms with van der Waals surface area (Å²) in [6.45, 7) is 4.79. The van der Waals surface area contributed by atoms with Crippen LogP contribution in [0.3, 0.4) is 0 Å². The molecule has 4 nitrogen and oxygen atoms in total. The van der Waals surface area contributed by atoms with E-state index in [1.54, 1.807) is 11.3 Å². The second kappa shape index (κ2) is 4.49. The second-order valence-corrected chi connectivity index (χ2v) is 4.41. The number of aromatic nitrogens is 2. The number of anilines is 2. The molecule has 2 aromatic heterocycles. The van der Waals surface area contributed by atoms with Crippen molar-refractivity contribution >= 4 is 23.0 Å². The Labute approximate surface area is 98.6 Å². The number of nitrogens with two attached hydrogens (primary N) is 1. The molecule has 0 aliphatic rings. The van der Waals surface area contributed by atoms with E-state index in [4.69, 9.17) is 5.73 Å². The Morgan fingerprint density at radius 2 is 2.12 bits per heavy atom. The van der Waals surface area contributed by atoms with Gasteiger partial charge in [-0.05, 0) is 35.7 Å². The quantitative estimate of drug-likeness (QED) is 0.855. The molecule has 0 spiro atoms. The average molecular weight is 234 g/mol. The van der Waals surface area contributed by atoms with Gasteiger partial charge in [-0.3, -0.25) is 0 Å². The van der Waals surface area contributed by atoms with Gasteiger partial charge in [-0.15, -0.1) is 0 Å². The third kappa shape index (κ3) is 2.14. The van der Waals surface area contributed by atoms with Crippen LogP contribution in [0.1, 0.15) is 16.7 Å². The molecule has 16 heavy (non-hydrogen) atoms. The van der Waals surface area contributed by atoms with Crippen LogP contribution >= 0.6 is 11.3 Å². The molecular weight excluding hydrogens is 220 g/mol. The first-order chi connectivity index (χ1) is 7.68. The molecular formula is C11H14N4S. The monoisotopic (exact) mass is 234 g/mol.